The van der Waals surface area contributed by atoms with Gasteiger partial charge in [-0.15, -0.1) is 0 Å². The normalized spacial score (nSPS) is 12.0. The Morgan fingerprint density at radius 1 is 0.923 bits per heavy atom. The van der Waals surface area contributed by atoms with Crippen molar-refractivity contribution in [2.45, 2.75) is 27.7 Å². The maximum absolute atomic E-state index is 14.1. The van der Waals surface area contributed by atoms with Crippen molar-refractivity contribution in [3.63, 3.8) is 0 Å². The Morgan fingerprint density at radius 3 is 2.38 bits per heavy atom. The molecule has 0 amide bonds. The van der Waals surface area contributed by atoms with Gasteiger partial charge in [-0.1, -0.05) is 29.8 Å². The molecule has 4 aromatic rings. The van der Waals surface area contributed by atoms with E-state index in [0.717, 1.165) is 38.5 Å². The molecule has 1 nitrogen and oxygen atoms in total. The molecule has 26 heavy (non-hydrogen) atoms. The Kier molecular flexibility index (Phi) is 3.53. The Labute approximate surface area is 155 Å². The van der Waals surface area contributed by atoms with Crippen LogP contribution in [0.1, 0.15) is 23.8 Å². The summed E-state index contributed by atoms with van der Waals surface area (Å²) in [4.78, 5) is 0. The number of hydrogen-bond acceptors (Lipinski definition) is 0. The average molecular weight is 345 g/mol. The molecule has 0 aliphatic carbocycles. The Balaban J connectivity index is 2.32. The van der Waals surface area contributed by atoms with E-state index in [1.807, 2.05) is 32.2 Å². The highest BCUT2D eigenvalue weighted by atomic mass is 19.1. The first-order valence-corrected chi connectivity index (χ1v) is 8.89. The summed E-state index contributed by atoms with van der Waals surface area (Å²) in [5, 5.41) is 3.64. The second-order valence-corrected chi connectivity index (χ2v) is 7.23. The Morgan fingerprint density at radius 2 is 1.62 bits per heavy atom. The minimum Gasteiger partial charge on any atom is -0.207 e. The lowest BCUT2D eigenvalue weighted by Crippen LogP contribution is -2.35. The van der Waals surface area contributed by atoms with E-state index in [2.05, 4.69) is 37.5 Å². The van der Waals surface area contributed by atoms with E-state index in [4.69, 9.17) is 1.37 Å². The summed E-state index contributed by atoms with van der Waals surface area (Å²) in [7, 11) is 2.00. The molecule has 1 aromatic heterocycles. The second kappa shape index (κ2) is 5.91. The van der Waals surface area contributed by atoms with Gasteiger partial charge in [0.2, 0.25) is 5.69 Å². The van der Waals surface area contributed by atoms with Gasteiger partial charge in [0, 0.05) is 13.0 Å². The van der Waals surface area contributed by atoms with Gasteiger partial charge in [-0.2, -0.15) is 4.57 Å². The molecule has 0 bridgehead atoms. The van der Waals surface area contributed by atoms with Crippen molar-refractivity contribution in [1.29, 1.82) is 0 Å². The third-order valence-electron chi connectivity index (χ3n) is 5.44. The standard InChI is InChI=1S/C24H23FN/c1-14-10-15(2)17(4)21(11-14)24-23-19(12-16(3)26(24)5)7-6-18-8-9-20(25)13-22(18)23/h6-13H,1-5H3/q+1/i12D. The van der Waals surface area contributed by atoms with Gasteiger partial charge in [-0.05, 0) is 66.3 Å². The maximum Gasteiger partial charge on any atom is 0.221 e. The molecule has 0 atom stereocenters. The Hall–Kier alpha value is -2.74. The molecule has 0 aliphatic heterocycles. The average Bonchev–Trinajstić information content (AvgIpc) is 2.63. The largest absolute Gasteiger partial charge is 0.221 e. The molecular weight excluding hydrogens is 321 g/mol. The summed E-state index contributed by atoms with van der Waals surface area (Å²) < 4.78 is 24.9. The second-order valence-electron chi connectivity index (χ2n) is 7.23. The zero-order chi connectivity index (χ0) is 19.5. The van der Waals surface area contributed by atoms with Gasteiger partial charge in [0.1, 0.15) is 12.9 Å². The number of pyridine rings is 1. The fourth-order valence-corrected chi connectivity index (χ4v) is 3.87. The van der Waals surface area contributed by atoms with Crippen LogP contribution >= 0.6 is 0 Å². The van der Waals surface area contributed by atoms with Crippen LogP contribution in [-0.4, -0.2) is 0 Å². The highest BCUT2D eigenvalue weighted by Crippen LogP contribution is 2.35. The quantitative estimate of drug-likeness (QED) is 0.301. The van der Waals surface area contributed by atoms with E-state index in [0.29, 0.717) is 6.04 Å². The van der Waals surface area contributed by atoms with Gasteiger partial charge in [0.05, 0.1) is 12.3 Å². The van der Waals surface area contributed by atoms with Gasteiger partial charge in [-0.3, -0.25) is 0 Å². The highest BCUT2D eigenvalue weighted by molar-refractivity contribution is 6.12. The van der Waals surface area contributed by atoms with E-state index in [1.54, 1.807) is 6.07 Å². The van der Waals surface area contributed by atoms with Gasteiger partial charge in [-0.25, -0.2) is 4.39 Å². The van der Waals surface area contributed by atoms with Crippen LogP contribution in [0.2, 0.25) is 0 Å². The molecule has 0 spiro atoms. The van der Waals surface area contributed by atoms with Crippen LogP contribution in [0.3, 0.4) is 0 Å². The number of hydrogen-bond donors (Lipinski definition) is 0. The first kappa shape index (κ1) is 15.5. The Bertz CT molecular complexity index is 1240. The number of benzene rings is 3. The summed E-state index contributed by atoms with van der Waals surface area (Å²) in [6.07, 6.45) is 0. The minimum atomic E-state index is -0.257. The van der Waals surface area contributed by atoms with Crippen molar-refractivity contribution in [2.75, 3.05) is 0 Å². The van der Waals surface area contributed by atoms with E-state index in [9.17, 15) is 4.39 Å². The van der Waals surface area contributed by atoms with Crippen molar-refractivity contribution in [2.24, 2.45) is 7.05 Å². The van der Waals surface area contributed by atoms with Crippen molar-refractivity contribution in [3.05, 3.63) is 76.7 Å². The van der Waals surface area contributed by atoms with E-state index >= 15 is 0 Å². The van der Waals surface area contributed by atoms with E-state index in [1.165, 1.54) is 22.8 Å². The van der Waals surface area contributed by atoms with Crippen LogP contribution < -0.4 is 4.57 Å². The van der Waals surface area contributed by atoms with Gasteiger partial charge in [0.15, 0.2) is 5.69 Å². The molecule has 1 heterocycles. The fourth-order valence-electron chi connectivity index (χ4n) is 3.87. The van der Waals surface area contributed by atoms with Gasteiger partial charge in [0.25, 0.3) is 0 Å². The molecule has 4 rings (SSSR count). The summed E-state index contributed by atoms with van der Waals surface area (Å²) in [6, 6.07) is 13.7. The SMILES string of the molecule is [2H]c1c(C)[n+](C)c(-c2cc(C)cc(C)c2C)c2c1ccc1ccc(F)cc12. The summed E-state index contributed by atoms with van der Waals surface area (Å²) in [5.74, 6) is -0.257. The molecule has 0 saturated carbocycles. The lowest BCUT2D eigenvalue weighted by molar-refractivity contribution is -0.665. The van der Waals surface area contributed by atoms with Crippen LogP contribution in [0.15, 0.2) is 48.5 Å². The summed E-state index contributed by atoms with van der Waals surface area (Å²) in [5.41, 5.74) is 6.71. The van der Waals surface area contributed by atoms with Crippen LogP contribution in [0.25, 0.3) is 32.8 Å². The zero-order valence-corrected chi connectivity index (χ0v) is 15.9. The van der Waals surface area contributed by atoms with Crippen LogP contribution in [-0.2, 0) is 7.05 Å². The first-order valence-electron chi connectivity index (χ1n) is 9.39. The zero-order valence-electron chi connectivity index (χ0n) is 16.9. The van der Waals surface area contributed by atoms with Gasteiger partial charge >= 0.3 is 0 Å². The number of halogens is 1. The third-order valence-corrected chi connectivity index (χ3v) is 5.44. The summed E-state index contributed by atoms with van der Waals surface area (Å²) in [6.45, 7) is 8.32. The molecule has 2 heteroatoms. The van der Waals surface area contributed by atoms with Crippen LogP contribution in [0.4, 0.5) is 4.39 Å². The molecule has 0 unspecified atom stereocenters. The van der Waals surface area contributed by atoms with Crippen molar-refractivity contribution in [1.82, 2.24) is 0 Å². The fraction of sp³-hybridized carbons (Fsp3) is 0.208. The predicted molar refractivity (Wildman–Crippen MR) is 107 cm³/mol. The summed E-state index contributed by atoms with van der Waals surface area (Å²) >= 11 is 0. The number of nitrogens with zero attached hydrogens (tertiary/aromatic N) is 1. The molecule has 0 aliphatic rings. The smallest absolute Gasteiger partial charge is 0.207 e. The predicted octanol–water partition coefficient (Wildman–Crippen LogP) is 5.86. The van der Waals surface area contributed by atoms with Crippen molar-refractivity contribution >= 4 is 21.5 Å². The number of aromatic nitrogens is 1. The van der Waals surface area contributed by atoms with Crippen LogP contribution in [0.5, 0.6) is 0 Å². The maximum atomic E-state index is 14.1. The molecular formula is C24H23FN+. The van der Waals surface area contributed by atoms with Crippen molar-refractivity contribution in [3.8, 4) is 11.3 Å². The highest BCUT2D eigenvalue weighted by Gasteiger charge is 2.22. The lowest BCUT2D eigenvalue weighted by Gasteiger charge is -2.14. The molecule has 3 aromatic carbocycles. The van der Waals surface area contributed by atoms with E-state index < -0.39 is 0 Å². The minimum absolute atomic E-state index is 0.257. The third kappa shape index (κ3) is 2.48. The van der Waals surface area contributed by atoms with Crippen molar-refractivity contribution < 1.29 is 10.3 Å². The number of fused-ring (bicyclic) bond motifs is 3. The number of rotatable bonds is 1. The monoisotopic (exact) mass is 345 g/mol. The molecule has 130 valence electrons. The molecule has 0 fully saturated rings. The van der Waals surface area contributed by atoms with Gasteiger partial charge < -0.3 is 0 Å². The molecule has 0 radical (unpaired) electrons. The lowest BCUT2D eigenvalue weighted by atomic mass is 9.92. The molecule has 0 saturated heterocycles. The topological polar surface area (TPSA) is 3.88 Å². The molecule has 0 N–H and O–H groups in total. The van der Waals surface area contributed by atoms with E-state index in [-0.39, 0.29) is 5.82 Å². The van der Waals surface area contributed by atoms with Crippen LogP contribution in [0, 0.1) is 33.5 Å². The number of aryl methyl sites for hydroxylation is 2. The first-order chi connectivity index (χ1) is 12.8.